The molecule has 0 aliphatic carbocycles. The van der Waals surface area contributed by atoms with E-state index in [1.807, 2.05) is 5.32 Å². The van der Waals surface area contributed by atoms with Gasteiger partial charge in [-0.25, -0.2) is 0 Å². The zero-order valence-corrected chi connectivity index (χ0v) is 13.5. The topological polar surface area (TPSA) is 41.1 Å². The van der Waals surface area contributed by atoms with E-state index in [-0.39, 0.29) is 17.5 Å². The van der Waals surface area contributed by atoms with Crippen molar-refractivity contribution in [1.29, 1.82) is 0 Å². The molecule has 0 saturated carbocycles. The van der Waals surface area contributed by atoms with Crippen LogP contribution in [-0.2, 0) is 4.79 Å². The molecular formula is C15H11F9N2O. The number of hydrogen-bond acceptors (Lipinski definition) is 2. The first-order valence-corrected chi connectivity index (χ1v) is 7.14. The van der Waals surface area contributed by atoms with Crippen LogP contribution in [0.2, 0.25) is 0 Å². The lowest BCUT2D eigenvalue weighted by Crippen LogP contribution is -2.62. The Kier molecular flexibility index (Phi) is 4.69. The number of halogens is 9. The number of anilines is 2. The molecule has 1 heterocycles. The summed E-state index contributed by atoms with van der Waals surface area (Å²) in [6.07, 6.45) is -7.13. The molecule has 1 aliphatic rings. The van der Waals surface area contributed by atoms with Gasteiger partial charge in [0.25, 0.3) is 0 Å². The monoisotopic (exact) mass is 406 g/mol. The minimum Gasteiger partial charge on any atom is -0.352 e. The third-order valence-corrected chi connectivity index (χ3v) is 3.92. The average Bonchev–Trinajstić information content (AvgIpc) is 2.65. The van der Waals surface area contributed by atoms with Crippen LogP contribution in [0.4, 0.5) is 50.9 Å². The number of fused-ring (bicyclic) bond motifs is 1. The largest absolute Gasteiger partial charge is 0.460 e. The highest BCUT2D eigenvalue weighted by Crippen LogP contribution is 2.55. The van der Waals surface area contributed by atoms with Crippen LogP contribution in [0.25, 0.3) is 0 Å². The molecule has 1 amide bonds. The standard InChI is InChI=1S/C15H11F9N2O/c1-6-3-8-9(4-7(6)2)26-11(27)5-10(25-8)12(16,17)13(18,19)14(20,21)15(22,23)24/h3-5,25H,1-2H3,(H,26,27). The van der Waals surface area contributed by atoms with Crippen LogP contribution in [-0.4, -0.2) is 29.9 Å². The quantitative estimate of drug-likeness (QED) is 0.693. The minimum absolute atomic E-state index is 0.143. The van der Waals surface area contributed by atoms with Crippen molar-refractivity contribution < 1.29 is 44.3 Å². The summed E-state index contributed by atoms with van der Waals surface area (Å²) in [5.74, 6) is -21.4. The SMILES string of the molecule is Cc1cc2c(cc1C)NC(C(F)(F)C(F)(F)C(F)(F)C(F)(F)F)=CC(=O)N2. The van der Waals surface area contributed by atoms with Crippen molar-refractivity contribution in [3.05, 3.63) is 35.0 Å². The van der Waals surface area contributed by atoms with Crippen molar-refractivity contribution >= 4 is 17.3 Å². The summed E-state index contributed by atoms with van der Waals surface area (Å²) >= 11 is 0. The fourth-order valence-corrected chi connectivity index (χ4v) is 2.22. The molecule has 0 radical (unpaired) electrons. The number of rotatable bonds is 3. The van der Waals surface area contributed by atoms with E-state index in [9.17, 15) is 44.3 Å². The van der Waals surface area contributed by atoms with Crippen molar-refractivity contribution in [2.24, 2.45) is 0 Å². The Labute approximate surface area is 146 Å². The summed E-state index contributed by atoms with van der Waals surface area (Å²) in [5.41, 5.74) is -1.60. The molecule has 0 unspecified atom stereocenters. The predicted octanol–water partition coefficient (Wildman–Crippen LogP) is 5.02. The Bertz CT molecular complexity index is 812. The van der Waals surface area contributed by atoms with Gasteiger partial charge in [0.05, 0.1) is 17.1 Å². The minimum atomic E-state index is -7.05. The number of allylic oxidation sites excluding steroid dienone is 1. The Morgan fingerprint density at radius 1 is 0.741 bits per heavy atom. The molecular weight excluding hydrogens is 395 g/mol. The second-order valence-corrected chi connectivity index (χ2v) is 5.88. The fraction of sp³-hybridized carbons (Fsp3) is 0.400. The summed E-state index contributed by atoms with van der Waals surface area (Å²) in [4.78, 5) is 11.7. The van der Waals surface area contributed by atoms with Crippen molar-refractivity contribution in [3.63, 3.8) is 0 Å². The van der Waals surface area contributed by atoms with Crippen LogP contribution < -0.4 is 10.6 Å². The summed E-state index contributed by atoms with van der Waals surface area (Å²) in [7, 11) is 0. The lowest BCUT2D eigenvalue weighted by atomic mass is 10.00. The molecule has 0 atom stereocenters. The summed E-state index contributed by atoms with van der Waals surface area (Å²) in [6.45, 7) is 3.07. The van der Waals surface area contributed by atoms with Crippen LogP contribution in [0.15, 0.2) is 23.9 Å². The van der Waals surface area contributed by atoms with E-state index in [1.165, 1.54) is 13.0 Å². The molecule has 3 nitrogen and oxygen atoms in total. The number of carbonyl (C=O) groups is 1. The molecule has 1 aliphatic heterocycles. The molecule has 12 heteroatoms. The molecule has 0 fully saturated rings. The highest BCUT2D eigenvalue weighted by atomic mass is 19.4. The van der Waals surface area contributed by atoms with Gasteiger partial charge in [0, 0.05) is 6.08 Å². The lowest BCUT2D eigenvalue weighted by Gasteiger charge is -2.34. The Morgan fingerprint density at radius 3 is 1.63 bits per heavy atom. The van der Waals surface area contributed by atoms with Crippen LogP contribution in [0.1, 0.15) is 11.1 Å². The summed E-state index contributed by atoms with van der Waals surface area (Å²) < 4.78 is 118. The van der Waals surface area contributed by atoms with E-state index < -0.39 is 35.5 Å². The van der Waals surface area contributed by atoms with Crippen molar-refractivity contribution in [2.75, 3.05) is 10.6 Å². The maximum Gasteiger partial charge on any atom is 0.460 e. The van der Waals surface area contributed by atoms with E-state index in [2.05, 4.69) is 0 Å². The first-order chi connectivity index (χ1) is 12.0. The third-order valence-electron chi connectivity index (χ3n) is 3.92. The maximum absolute atomic E-state index is 14.1. The molecule has 27 heavy (non-hydrogen) atoms. The number of carbonyl (C=O) groups excluding carboxylic acids is 1. The fourth-order valence-electron chi connectivity index (χ4n) is 2.22. The molecule has 1 aromatic carbocycles. The van der Waals surface area contributed by atoms with E-state index in [0.29, 0.717) is 11.1 Å². The molecule has 150 valence electrons. The highest BCUT2D eigenvalue weighted by molar-refractivity contribution is 6.04. The number of alkyl halides is 9. The number of aryl methyl sites for hydroxylation is 2. The third kappa shape index (κ3) is 3.21. The first kappa shape index (κ1) is 20.9. The maximum atomic E-state index is 14.1. The van der Waals surface area contributed by atoms with Crippen LogP contribution in [0.3, 0.4) is 0 Å². The van der Waals surface area contributed by atoms with Gasteiger partial charge in [0.15, 0.2) is 0 Å². The van der Waals surface area contributed by atoms with E-state index in [4.69, 9.17) is 0 Å². The molecule has 0 spiro atoms. The number of amides is 1. The zero-order valence-electron chi connectivity index (χ0n) is 13.5. The van der Waals surface area contributed by atoms with E-state index in [1.54, 1.807) is 12.2 Å². The van der Waals surface area contributed by atoms with Gasteiger partial charge in [-0.2, -0.15) is 39.5 Å². The van der Waals surface area contributed by atoms with Crippen molar-refractivity contribution in [1.82, 2.24) is 0 Å². The predicted molar refractivity (Wildman–Crippen MR) is 77.1 cm³/mol. The second-order valence-electron chi connectivity index (χ2n) is 5.88. The van der Waals surface area contributed by atoms with Gasteiger partial charge in [-0.3, -0.25) is 4.79 Å². The van der Waals surface area contributed by atoms with Gasteiger partial charge in [0.2, 0.25) is 5.91 Å². The Balaban J connectivity index is 2.57. The molecule has 1 aromatic rings. The summed E-state index contributed by atoms with van der Waals surface area (Å²) in [5, 5.41) is 3.72. The Morgan fingerprint density at radius 2 is 1.19 bits per heavy atom. The first-order valence-electron chi connectivity index (χ1n) is 7.14. The van der Waals surface area contributed by atoms with E-state index >= 15 is 0 Å². The normalized spacial score (nSPS) is 16.1. The average molecular weight is 406 g/mol. The second kappa shape index (κ2) is 6.06. The molecule has 2 N–H and O–H groups in total. The summed E-state index contributed by atoms with van der Waals surface area (Å²) in [6, 6.07) is 2.42. The van der Waals surface area contributed by atoms with Gasteiger partial charge >= 0.3 is 23.9 Å². The van der Waals surface area contributed by atoms with Crippen LogP contribution in [0.5, 0.6) is 0 Å². The molecule has 0 bridgehead atoms. The van der Waals surface area contributed by atoms with Crippen LogP contribution >= 0.6 is 0 Å². The molecule has 2 rings (SSSR count). The van der Waals surface area contributed by atoms with Crippen molar-refractivity contribution in [3.8, 4) is 0 Å². The van der Waals surface area contributed by atoms with Gasteiger partial charge in [-0.15, -0.1) is 0 Å². The highest BCUT2D eigenvalue weighted by Gasteiger charge is 2.82. The molecule has 0 aromatic heterocycles. The smallest absolute Gasteiger partial charge is 0.352 e. The van der Waals surface area contributed by atoms with Gasteiger partial charge in [0.1, 0.15) is 0 Å². The number of benzene rings is 1. The van der Waals surface area contributed by atoms with E-state index in [0.717, 1.165) is 6.07 Å². The van der Waals surface area contributed by atoms with Gasteiger partial charge in [-0.1, -0.05) is 0 Å². The lowest BCUT2D eigenvalue weighted by molar-refractivity contribution is -0.389. The number of nitrogens with one attached hydrogen (secondary N) is 2. The van der Waals surface area contributed by atoms with Gasteiger partial charge in [-0.05, 0) is 37.1 Å². The van der Waals surface area contributed by atoms with Crippen molar-refractivity contribution in [2.45, 2.75) is 37.8 Å². The zero-order chi connectivity index (χ0) is 21.0. The van der Waals surface area contributed by atoms with Crippen LogP contribution in [0, 0.1) is 13.8 Å². The van der Waals surface area contributed by atoms with Gasteiger partial charge < -0.3 is 10.6 Å². The Hall–Kier alpha value is -2.40. The number of hydrogen-bond donors (Lipinski definition) is 2. The molecule has 0 saturated heterocycles.